The van der Waals surface area contributed by atoms with Crippen LogP contribution >= 0.6 is 23.2 Å². The van der Waals surface area contributed by atoms with Crippen molar-refractivity contribution in [1.82, 2.24) is 4.31 Å². The van der Waals surface area contributed by atoms with Gasteiger partial charge in [0.05, 0.1) is 21.5 Å². The van der Waals surface area contributed by atoms with Crippen molar-refractivity contribution < 1.29 is 13.2 Å². The number of carbonyl (C=O) groups is 1. The molecular weight excluding hydrogens is 395 g/mol. The van der Waals surface area contributed by atoms with Crippen molar-refractivity contribution in [3.8, 4) is 0 Å². The molecule has 0 spiro atoms. The van der Waals surface area contributed by atoms with E-state index in [2.05, 4.69) is 5.32 Å². The van der Waals surface area contributed by atoms with Crippen molar-refractivity contribution in [3.63, 3.8) is 0 Å². The van der Waals surface area contributed by atoms with Gasteiger partial charge in [-0.1, -0.05) is 48.3 Å². The lowest BCUT2D eigenvalue weighted by atomic mass is 10.1. The molecule has 0 saturated heterocycles. The third kappa shape index (κ3) is 4.57. The molecule has 0 aliphatic heterocycles. The van der Waals surface area contributed by atoms with Gasteiger partial charge in [-0.25, -0.2) is 8.42 Å². The summed E-state index contributed by atoms with van der Waals surface area (Å²) < 4.78 is 26.7. The molecule has 0 saturated carbocycles. The second-order valence-corrected chi connectivity index (χ2v) is 8.57. The fourth-order valence-corrected chi connectivity index (χ4v) is 4.30. The number of hydrogen-bond acceptors (Lipinski definition) is 3. The molecule has 2 aromatic carbocycles. The van der Waals surface area contributed by atoms with Gasteiger partial charge in [0.1, 0.15) is 0 Å². The number of rotatable bonds is 6. The molecule has 140 valence electrons. The third-order valence-electron chi connectivity index (χ3n) is 3.95. The van der Waals surface area contributed by atoms with Gasteiger partial charge in [-0.05, 0) is 43.2 Å². The van der Waals surface area contributed by atoms with Gasteiger partial charge in [0.15, 0.2) is 0 Å². The Hall–Kier alpha value is -1.60. The predicted molar refractivity (Wildman–Crippen MR) is 105 cm³/mol. The average Bonchev–Trinajstić information content (AvgIpc) is 2.58. The fourth-order valence-electron chi connectivity index (χ4n) is 2.50. The third-order valence-corrected chi connectivity index (χ3v) is 6.60. The number of nitrogens with zero attached hydrogens (tertiary/aromatic N) is 1. The highest BCUT2D eigenvalue weighted by atomic mass is 35.5. The van der Waals surface area contributed by atoms with E-state index in [1.807, 2.05) is 32.0 Å². The molecule has 0 heterocycles. The first-order valence-corrected chi connectivity index (χ1v) is 10.2. The Balaban J connectivity index is 2.22. The van der Waals surface area contributed by atoms with Crippen LogP contribution in [-0.4, -0.2) is 31.7 Å². The lowest BCUT2D eigenvalue weighted by Gasteiger charge is -2.21. The van der Waals surface area contributed by atoms with Gasteiger partial charge in [0, 0.05) is 12.2 Å². The molecule has 0 fully saturated rings. The summed E-state index contributed by atoms with van der Waals surface area (Å²) in [6, 6.07) is 9.73. The summed E-state index contributed by atoms with van der Waals surface area (Å²) in [6.07, 6.45) is 0. The van der Waals surface area contributed by atoms with Crippen molar-refractivity contribution >= 4 is 44.8 Å². The molecule has 0 radical (unpaired) electrons. The Morgan fingerprint density at radius 1 is 1.08 bits per heavy atom. The number of sulfonamides is 1. The Bertz CT molecular complexity index is 910. The zero-order valence-electron chi connectivity index (χ0n) is 14.7. The molecule has 0 unspecified atom stereocenters. The van der Waals surface area contributed by atoms with E-state index in [-0.39, 0.29) is 28.0 Å². The molecule has 5 nitrogen and oxygen atoms in total. The van der Waals surface area contributed by atoms with E-state index in [4.69, 9.17) is 23.2 Å². The lowest BCUT2D eigenvalue weighted by Crippen LogP contribution is -2.38. The van der Waals surface area contributed by atoms with Gasteiger partial charge >= 0.3 is 0 Å². The first-order valence-electron chi connectivity index (χ1n) is 7.98. The number of anilines is 1. The summed E-state index contributed by atoms with van der Waals surface area (Å²) in [4.78, 5) is 12.4. The maximum atomic E-state index is 12.8. The molecule has 0 aliphatic rings. The van der Waals surface area contributed by atoms with Gasteiger partial charge < -0.3 is 5.32 Å². The molecule has 0 aliphatic carbocycles. The van der Waals surface area contributed by atoms with Crippen LogP contribution < -0.4 is 5.32 Å². The minimum Gasteiger partial charge on any atom is -0.324 e. The van der Waals surface area contributed by atoms with Crippen molar-refractivity contribution in [2.75, 3.05) is 18.4 Å². The molecule has 1 amide bonds. The van der Waals surface area contributed by atoms with Crippen LogP contribution in [0.15, 0.2) is 41.3 Å². The van der Waals surface area contributed by atoms with Gasteiger partial charge in [-0.15, -0.1) is 0 Å². The van der Waals surface area contributed by atoms with E-state index in [0.717, 1.165) is 15.4 Å². The highest BCUT2D eigenvalue weighted by molar-refractivity contribution is 7.89. The van der Waals surface area contributed by atoms with Gasteiger partial charge in [-0.3, -0.25) is 4.79 Å². The van der Waals surface area contributed by atoms with Crippen molar-refractivity contribution in [2.24, 2.45) is 0 Å². The van der Waals surface area contributed by atoms with E-state index >= 15 is 0 Å². The first-order chi connectivity index (χ1) is 12.2. The second-order valence-electron chi connectivity index (χ2n) is 5.82. The van der Waals surface area contributed by atoms with E-state index in [0.29, 0.717) is 5.69 Å². The molecule has 0 atom stereocenters. The first kappa shape index (κ1) is 20.7. The minimum absolute atomic E-state index is 0.00591. The molecule has 1 N–H and O–H groups in total. The molecule has 0 bridgehead atoms. The summed E-state index contributed by atoms with van der Waals surface area (Å²) in [6.45, 7) is 5.27. The summed E-state index contributed by atoms with van der Waals surface area (Å²) in [7, 11) is -3.87. The van der Waals surface area contributed by atoms with Crippen LogP contribution in [-0.2, 0) is 14.8 Å². The monoisotopic (exact) mass is 414 g/mol. The normalized spacial score (nSPS) is 11.6. The van der Waals surface area contributed by atoms with Gasteiger partial charge in [0.25, 0.3) is 0 Å². The maximum absolute atomic E-state index is 12.8. The van der Waals surface area contributed by atoms with Crippen LogP contribution in [0.3, 0.4) is 0 Å². The number of hydrogen-bond donors (Lipinski definition) is 1. The number of benzene rings is 2. The van der Waals surface area contributed by atoms with E-state index in [1.165, 1.54) is 18.2 Å². The SMILES string of the molecule is CCN(CC(=O)Nc1c(C)cccc1C)S(=O)(=O)c1ccc(Cl)c(Cl)c1. The highest BCUT2D eigenvalue weighted by Gasteiger charge is 2.26. The summed E-state index contributed by atoms with van der Waals surface area (Å²) in [5.41, 5.74) is 2.52. The Labute approximate surface area is 164 Å². The van der Waals surface area contributed by atoms with Crippen molar-refractivity contribution in [1.29, 1.82) is 0 Å². The molecule has 0 aromatic heterocycles. The molecule has 2 rings (SSSR count). The Kier molecular flexibility index (Phi) is 6.69. The van der Waals surface area contributed by atoms with Crippen molar-refractivity contribution in [3.05, 3.63) is 57.6 Å². The zero-order chi connectivity index (χ0) is 19.5. The number of para-hydroxylation sites is 1. The average molecular weight is 415 g/mol. The predicted octanol–water partition coefficient (Wildman–Crippen LogP) is 4.26. The van der Waals surface area contributed by atoms with E-state index < -0.39 is 15.9 Å². The van der Waals surface area contributed by atoms with Crippen molar-refractivity contribution in [2.45, 2.75) is 25.7 Å². The van der Waals surface area contributed by atoms with Crippen LogP contribution in [0.25, 0.3) is 0 Å². The lowest BCUT2D eigenvalue weighted by molar-refractivity contribution is -0.116. The van der Waals surface area contributed by atoms with Crippen LogP contribution in [0.1, 0.15) is 18.1 Å². The van der Waals surface area contributed by atoms with E-state index in [9.17, 15) is 13.2 Å². The van der Waals surface area contributed by atoms with E-state index in [1.54, 1.807) is 6.92 Å². The number of aryl methyl sites for hydroxylation is 2. The molecule has 8 heteroatoms. The van der Waals surface area contributed by atoms with Gasteiger partial charge in [-0.2, -0.15) is 4.31 Å². The van der Waals surface area contributed by atoms with Crippen LogP contribution in [0, 0.1) is 13.8 Å². The quantitative estimate of drug-likeness (QED) is 0.767. The zero-order valence-corrected chi connectivity index (χ0v) is 17.0. The standard InChI is InChI=1S/C18H20Cl2N2O3S/c1-4-22(26(24,25)14-8-9-15(19)16(20)10-14)11-17(23)21-18-12(2)6-5-7-13(18)3/h5-10H,4,11H2,1-3H3,(H,21,23). The summed E-state index contributed by atoms with van der Waals surface area (Å²) in [5, 5.41) is 3.20. The molecule has 2 aromatic rings. The summed E-state index contributed by atoms with van der Waals surface area (Å²) >= 11 is 11.8. The Morgan fingerprint density at radius 2 is 1.69 bits per heavy atom. The number of likely N-dealkylation sites (N-methyl/N-ethyl adjacent to an activating group) is 1. The molecule has 26 heavy (non-hydrogen) atoms. The number of carbonyl (C=O) groups excluding carboxylic acids is 1. The maximum Gasteiger partial charge on any atom is 0.243 e. The second kappa shape index (κ2) is 8.39. The van der Waals surface area contributed by atoms with Crippen LogP contribution in [0.4, 0.5) is 5.69 Å². The van der Waals surface area contributed by atoms with Crippen LogP contribution in [0.2, 0.25) is 10.0 Å². The largest absolute Gasteiger partial charge is 0.324 e. The number of nitrogens with one attached hydrogen (secondary N) is 1. The Morgan fingerprint density at radius 3 is 2.23 bits per heavy atom. The molecular formula is C18H20Cl2N2O3S. The number of amides is 1. The fraction of sp³-hybridized carbons (Fsp3) is 0.278. The minimum atomic E-state index is -3.87. The van der Waals surface area contributed by atoms with Gasteiger partial charge in [0.2, 0.25) is 15.9 Å². The van der Waals surface area contributed by atoms with Crippen LogP contribution in [0.5, 0.6) is 0 Å². The number of halogens is 2. The highest BCUT2D eigenvalue weighted by Crippen LogP contribution is 2.26. The topological polar surface area (TPSA) is 66.5 Å². The smallest absolute Gasteiger partial charge is 0.243 e. The summed E-state index contributed by atoms with van der Waals surface area (Å²) in [5.74, 6) is -0.409.